The molecule has 72 valence electrons. The molecule has 1 fully saturated rings. The van der Waals surface area contributed by atoms with Crippen molar-refractivity contribution >= 4 is 15.9 Å². The third-order valence-corrected chi connectivity index (χ3v) is 3.08. The van der Waals surface area contributed by atoms with Crippen LogP contribution in [0.4, 0.5) is 0 Å². The van der Waals surface area contributed by atoms with Gasteiger partial charge in [0.1, 0.15) is 5.82 Å². The molecule has 0 spiro atoms. The number of aromatic nitrogens is 3. The van der Waals surface area contributed by atoms with Crippen molar-refractivity contribution in [2.75, 3.05) is 0 Å². The molecule has 1 aliphatic rings. The smallest absolute Gasteiger partial charge is 0.217 e. The first kappa shape index (κ1) is 9.19. The summed E-state index contributed by atoms with van der Waals surface area (Å²) in [6.07, 6.45) is 6.62. The van der Waals surface area contributed by atoms with Gasteiger partial charge in [-0.2, -0.15) is 0 Å². The first-order valence-electron chi connectivity index (χ1n) is 4.84. The molecule has 4 heteroatoms. The van der Waals surface area contributed by atoms with Gasteiger partial charge in [0.25, 0.3) is 0 Å². The maximum absolute atomic E-state index is 4.40. The third kappa shape index (κ3) is 1.93. The van der Waals surface area contributed by atoms with E-state index in [-0.39, 0.29) is 0 Å². The van der Waals surface area contributed by atoms with Crippen molar-refractivity contribution in [3.05, 3.63) is 10.6 Å². The van der Waals surface area contributed by atoms with E-state index in [9.17, 15) is 0 Å². The minimum atomic E-state index is 0.637. The Bertz CT molecular complexity index is 289. The Hall–Kier alpha value is -0.380. The molecule has 0 aliphatic heterocycles. The molecule has 0 bridgehead atoms. The van der Waals surface area contributed by atoms with Crippen LogP contribution in [0.3, 0.4) is 0 Å². The second-order valence-corrected chi connectivity index (χ2v) is 4.41. The molecule has 1 aromatic heterocycles. The van der Waals surface area contributed by atoms with Crippen LogP contribution in [0.2, 0.25) is 0 Å². The summed E-state index contributed by atoms with van der Waals surface area (Å²) >= 11 is 3.31. The van der Waals surface area contributed by atoms with Crippen LogP contribution in [0.15, 0.2) is 4.73 Å². The number of rotatable bonds is 1. The van der Waals surface area contributed by atoms with Crippen LogP contribution in [-0.2, 0) is 7.05 Å². The van der Waals surface area contributed by atoms with Crippen molar-refractivity contribution in [2.24, 2.45) is 7.05 Å². The number of hydrogen-bond donors (Lipinski definition) is 0. The summed E-state index contributed by atoms with van der Waals surface area (Å²) in [5.41, 5.74) is 0. The molecule has 1 heterocycles. The normalized spacial score (nSPS) is 19.2. The summed E-state index contributed by atoms with van der Waals surface area (Å²) in [4.78, 5) is 4.40. The quantitative estimate of drug-likeness (QED) is 0.760. The molecule has 0 N–H and O–H groups in total. The molecular weight excluding hydrogens is 230 g/mol. The van der Waals surface area contributed by atoms with Gasteiger partial charge < -0.3 is 0 Å². The Morgan fingerprint density at radius 3 is 2.54 bits per heavy atom. The van der Waals surface area contributed by atoms with Crippen LogP contribution in [0.5, 0.6) is 0 Å². The monoisotopic (exact) mass is 243 g/mol. The van der Waals surface area contributed by atoms with E-state index < -0.39 is 0 Å². The van der Waals surface area contributed by atoms with Gasteiger partial charge in [-0.05, 0) is 28.8 Å². The molecular formula is C9H14BrN3. The van der Waals surface area contributed by atoms with Crippen LogP contribution < -0.4 is 0 Å². The van der Waals surface area contributed by atoms with Gasteiger partial charge in [-0.1, -0.05) is 19.3 Å². The van der Waals surface area contributed by atoms with E-state index in [1.165, 1.54) is 32.1 Å². The Kier molecular flexibility index (Phi) is 2.67. The summed E-state index contributed by atoms with van der Waals surface area (Å²) < 4.78 is 2.62. The lowest BCUT2D eigenvalue weighted by Crippen LogP contribution is -2.10. The summed E-state index contributed by atoms with van der Waals surface area (Å²) in [6, 6.07) is 0. The molecule has 0 unspecified atom stereocenters. The van der Waals surface area contributed by atoms with Crippen LogP contribution >= 0.6 is 15.9 Å². The standard InChI is InChI=1S/C9H14BrN3/c1-13-8(11-9(10)12-13)7-5-3-2-4-6-7/h7H,2-6H2,1H3. The molecule has 0 aromatic carbocycles. The molecule has 1 saturated carbocycles. The van der Waals surface area contributed by atoms with Gasteiger partial charge in [0.15, 0.2) is 0 Å². The average molecular weight is 244 g/mol. The molecule has 0 radical (unpaired) electrons. The van der Waals surface area contributed by atoms with Crippen molar-refractivity contribution in [1.29, 1.82) is 0 Å². The van der Waals surface area contributed by atoms with E-state index in [1.807, 2.05) is 11.7 Å². The van der Waals surface area contributed by atoms with E-state index in [2.05, 4.69) is 26.0 Å². The molecule has 3 nitrogen and oxygen atoms in total. The topological polar surface area (TPSA) is 30.7 Å². The van der Waals surface area contributed by atoms with Gasteiger partial charge >= 0.3 is 0 Å². The van der Waals surface area contributed by atoms with Crippen molar-refractivity contribution in [3.8, 4) is 0 Å². The Balaban J connectivity index is 2.18. The summed E-state index contributed by atoms with van der Waals surface area (Å²) in [7, 11) is 1.97. The maximum Gasteiger partial charge on any atom is 0.217 e. The number of nitrogens with zero attached hydrogens (tertiary/aromatic N) is 3. The zero-order valence-corrected chi connectivity index (χ0v) is 9.42. The highest BCUT2D eigenvalue weighted by Gasteiger charge is 2.20. The molecule has 2 rings (SSSR count). The second-order valence-electron chi connectivity index (χ2n) is 3.70. The van der Waals surface area contributed by atoms with Crippen molar-refractivity contribution in [1.82, 2.24) is 14.8 Å². The van der Waals surface area contributed by atoms with E-state index in [4.69, 9.17) is 0 Å². The molecule has 1 aromatic rings. The van der Waals surface area contributed by atoms with E-state index in [1.54, 1.807) is 0 Å². The fourth-order valence-corrected chi connectivity index (χ4v) is 2.50. The molecule has 0 atom stereocenters. The van der Waals surface area contributed by atoms with Gasteiger partial charge in [-0.15, -0.1) is 5.10 Å². The van der Waals surface area contributed by atoms with E-state index in [0.717, 1.165) is 10.6 Å². The lowest BCUT2D eigenvalue weighted by molar-refractivity contribution is 0.417. The highest BCUT2D eigenvalue weighted by molar-refractivity contribution is 9.10. The van der Waals surface area contributed by atoms with Gasteiger partial charge in [0.05, 0.1) is 0 Å². The van der Waals surface area contributed by atoms with Crippen LogP contribution in [0.25, 0.3) is 0 Å². The molecule has 1 aliphatic carbocycles. The average Bonchev–Trinajstić information content (AvgIpc) is 2.47. The van der Waals surface area contributed by atoms with Gasteiger partial charge in [-0.25, -0.2) is 4.98 Å². The first-order chi connectivity index (χ1) is 6.27. The maximum atomic E-state index is 4.40. The van der Waals surface area contributed by atoms with Crippen molar-refractivity contribution in [3.63, 3.8) is 0 Å². The summed E-state index contributed by atoms with van der Waals surface area (Å²) in [6.45, 7) is 0. The fourth-order valence-electron chi connectivity index (χ4n) is 2.08. The van der Waals surface area contributed by atoms with Crippen LogP contribution in [0, 0.1) is 0 Å². The Labute approximate surface area is 86.7 Å². The number of halogens is 1. The number of aryl methyl sites for hydroxylation is 1. The van der Waals surface area contributed by atoms with Crippen molar-refractivity contribution in [2.45, 2.75) is 38.0 Å². The minimum Gasteiger partial charge on any atom is -0.252 e. The van der Waals surface area contributed by atoms with E-state index in [0.29, 0.717) is 5.92 Å². The third-order valence-electron chi connectivity index (χ3n) is 2.74. The lowest BCUT2D eigenvalue weighted by Gasteiger charge is -2.20. The highest BCUT2D eigenvalue weighted by atomic mass is 79.9. The van der Waals surface area contributed by atoms with Crippen LogP contribution in [0.1, 0.15) is 43.8 Å². The van der Waals surface area contributed by atoms with Gasteiger partial charge in [0.2, 0.25) is 4.73 Å². The lowest BCUT2D eigenvalue weighted by atomic mass is 9.89. The van der Waals surface area contributed by atoms with E-state index >= 15 is 0 Å². The second kappa shape index (κ2) is 3.78. The first-order valence-corrected chi connectivity index (χ1v) is 5.63. The summed E-state index contributed by atoms with van der Waals surface area (Å²) in [5, 5.41) is 4.21. The Morgan fingerprint density at radius 1 is 1.31 bits per heavy atom. The predicted octanol–water partition coefficient (Wildman–Crippen LogP) is 2.63. The van der Waals surface area contributed by atoms with Crippen LogP contribution in [-0.4, -0.2) is 14.8 Å². The highest BCUT2D eigenvalue weighted by Crippen LogP contribution is 2.31. The van der Waals surface area contributed by atoms with Crippen molar-refractivity contribution < 1.29 is 0 Å². The predicted molar refractivity (Wildman–Crippen MR) is 54.5 cm³/mol. The zero-order chi connectivity index (χ0) is 9.26. The molecule has 13 heavy (non-hydrogen) atoms. The zero-order valence-electron chi connectivity index (χ0n) is 7.83. The largest absolute Gasteiger partial charge is 0.252 e. The minimum absolute atomic E-state index is 0.637. The van der Waals surface area contributed by atoms with Gasteiger partial charge in [-0.3, -0.25) is 4.68 Å². The molecule has 0 amide bonds. The van der Waals surface area contributed by atoms with Gasteiger partial charge in [0, 0.05) is 13.0 Å². The SMILES string of the molecule is Cn1nc(Br)nc1C1CCCCC1. The fraction of sp³-hybridized carbons (Fsp3) is 0.778. The number of hydrogen-bond acceptors (Lipinski definition) is 2. The Morgan fingerprint density at radius 2 is 2.00 bits per heavy atom. The molecule has 0 saturated heterocycles. The summed E-state index contributed by atoms with van der Waals surface area (Å²) in [5.74, 6) is 1.78.